The molecule has 1 aromatic heterocycles. The van der Waals surface area contributed by atoms with Crippen molar-refractivity contribution in [3.05, 3.63) is 42.2 Å². The SMILES string of the molecule is Nc1cccc(F)c1S(=O)(=O)N1CCn2ccnc2C1. The summed E-state index contributed by atoms with van der Waals surface area (Å²) in [5.41, 5.74) is 5.54. The first-order valence-electron chi connectivity index (χ1n) is 6.04. The minimum Gasteiger partial charge on any atom is -0.398 e. The first kappa shape index (κ1) is 13.1. The molecular weight excluding hydrogens is 283 g/mol. The molecule has 0 aliphatic carbocycles. The van der Waals surface area contributed by atoms with Gasteiger partial charge >= 0.3 is 0 Å². The van der Waals surface area contributed by atoms with Gasteiger partial charge < -0.3 is 10.3 Å². The number of anilines is 1. The van der Waals surface area contributed by atoms with Crippen molar-refractivity contribution in [3.8, 4) is 0 Å². The molecule has 0 radical (unpaired) electrons. The largest absolute Gasteiger partial charge is 0.398 e. The van der Waals surface area contributed by atoms with Crippen molar-refractivity contribution in [2.45, 2.75) is 18.0 Å². The van der Waals surface area contributed by atoms with E-state index in [1.54, 1.807) is 12.4 Å². The Morgan fingerprint density at radius 1 is 1.30 bits per heavy atom. The Kier molecular flexibility index (Phi) is 2.98. The van der Waals surface area contributed by atoms with Gasteiger partial charge in [0.15, 0.2) is 0 Å². The number of halogens is 1. The maximum Gasteiger partial charge on any atom is 0.248 e. The fraction of sp³-hybridized carbons (Fsp3) is 0.250. The zero-order valence-electron chi connectivity index (χ0n) is 10.5. The molecule has 1 aromatic carbocycles. The van der Waals surface area contributed by atoms with Gasteiger partial charge in [-0.15, -0.1) is 0 Å². The van der Waals surface area contributed by atoms with Crippen LogP contribution in [0.3, 0.4) is 0 Å². The second-order valence-corrected chi connectivity index (χ2v) is 6.41. The van der Waals surface area contributed by atoms with Crippen LogP contribution in [0.2, 0.25) is 0 Å². The zero-order valence-corrected chi connectivity index (χ0v) is 11.3. The third kappa shape index (κ3) is 1.97. The highest BCUT2D eigenvalue weighted by molar-refractivity contribution is 7.89. The van der Waals surface area contributed by atoms with Crippen molar-refractivity contribution in [1.29, 1.82) is 0 Å². The van der Waals surface area contributed by atoms with Gasteiger partial charge in [0, 0.05) is 25.5 Å². The summed E-state index contributed by atoms with van der Waals surface area (Å²) in [6.45, 7) is 0.867. The molecule has 0 unspecified atom stereocenters. The number of hydrogen-bond donors (Lipinski definition) is 1. The number of imidazole rings is 1. The fourth-order valence-corrected chi connectivity index (χ4v) is 3.83. The normalized spacial score (nSPS) is 16.1. The number of sulfonamides is 1. The molecule has 0 amide bonds. The summed E-state index contributed by atoms with van der Waals surface area (Å²) in [4.78, 5) is 3.63. The van der Waals surface area contributed by atoms with E-state index in [0.717, 1.165) is 6.07 Å². The predicted octanol–water partition coefficient (Wildman–Crippen LogP) is 0.809. The maximum atomic E-state index is 13.8. The molecule has 8 heteroatoms. The standard InChI is InChI=1S/C12H13FN4O2S/c13-9-2-1-3-10(14)12(9)20(18,19)17-7-6-16-5-4-15-11(16)8-17/h1-5H,6-8,14H2. The van der Waals surface area contributed by atoms with E-state index in [4.69, 9.17) is 5.73 Å². The van der Waals surface area contributed by atoms with Crippen LogP contribution in [0.15, 0.2) is 35.5 Å². The van der Waals surface area contributed by atoms with Crippen LogP contribution in [0.4, 0.5) is 10.1 Å². The summed E-state index contributed by atoms with van der Waals surface area (Å²) in [5, 5.41) is 0. The van der Waals surface area contributed by atoms with E-state index in [1.165, 1.54) is 16.4 Å². The number of nitrogen functional groups attached to an aromatic ring is 1. The first-order chi connectivity index (χ1) is 9.50. The number of nitrogens with zero attached hydrogens (tertiary/aromatic N) is 3. The highest BCUT2D eigenvalue weighted by atomic mass is 32.2. The second-order valence-electron chi connectivity index (χ2n) is 4.53. The molecule has 0 saturated carbocycles. The Morgan fingerprint density at radius 2 is 2.10 bits per heavy atom. The van der Waals surface area contributed by atoms with Crippen LogP contribution in [-0.2, 0) is 23.1 Å². The minimum absolute atomic E-state index is 0.0843. The Morgan fingerprint density at radius 3 is 2.85 bits per heavy atom. The lowest BCUT2D eigenvalue weighted by atomic mass is 10.3. The van der Waals surface area contributed by atoms with Gasteiger partial charge in [0.25, 0.3) is 0 Å². The topological polar surface area (TPSA) is 81.2 Å². The molecule has 106 valence electrons. The molecule has 20 heavy (non-hydrogen) atoms. The van der Waals surface area contributed by atoms with E-state index < -0.39 is 20.7 Å². The molecule has 0 spiro atoms. The Hall–Kier alpha value is -1.93. The summed E-state index contributed by atoms with van der Waals surface area (Å²) >= 11 is 0. The third-order valence-corrected chi connectivity index (χ3v) is 5.24. The van der Waals surface area contributed by atoms with E-state index in [9.17, 15) is 12.8 Å². The van der Waals surface area contributed by atoms with E-state index in [0.29, 0.717) is 12.4 Å². The van der Waals surface area contributed by atoms with Crippen molar-refractivity contribution >= 4 is 15.7 Å². The number of fused-ring (bicyclic) bond motifs is 1. The summed E-state index contributed by atoms with van der Waals surface area (Å²) in [5.74, 6) is -0.200. The Balaban J connectivity index is 2.02. The van der Waals surface area contributed by atoms with Crippen molar-refractivity contribution in [1.82, 2.24) is 13.9 Å². The first-order valence-corrected chi connectivity index (χ1v) is 7.48. The lowest BCUT2D eigenvalue weighted by molar-refractivity contribution is 0.334. The third-order valence-electron chi connectivity index (χ3n) is 3.31. The lowest BCUT2D eigenvalue weighted by Crippen LogP contribution is -2.38. The molecule has 0 fully saturated rings. The summed E-state index contributed by atoms with van der Waals surface area (Å²) < 4.78 is 42.0. The van der Waals surface area contributed by atoms with Crippen LogP contribution in [0.5, 0.6) is 0 Å². The predicted molar refractivity (Wildman–Crippen MR) is 70.6 cm³/mol. The van der Waals surface area contributed by atoms with Crippen LogP contribution in [0.25, 0.3) is 0 Å². The molecule has 3 rings (SSSR count). The van der Waals surface area contributed by atoms with Crippen molar-refractivity contribution in [3.63, 3.8) is 0 Å². The monoisotopic (exact) mass is 296 g/mol. The number of nitrogens with two attached hydrogens (primary N) is 1. The van der Waals surface area contributed by atoms with E-state index >= 15 is 0 Å². The van der Waals surface area contributed by atoms with Crippen LogP contribution in [0, 0.1) is 5.82 Å². The Bertz CT molecular complexity index is 736. The average molecular weight is 296 g/mol. The van der Waals surface area contributed by atoms with Gasteiger partial charge in [-0.05, 0) is 12.1 Å². The van der Waals surface area contributed by atoms with Crippen LogP contribution in [-0.4, -0.2) is 28.8 Å². The second kappa shape index (κ2) is 4.57. The van der Waals surface area contributed by atoms with Gasteiger partial charge in [-0.1, -0.05) is 6.07 Å². The van der Waals surface area contributed by atoms with E-state index in [1.807, 2.05) is 4.57 Å². The molecule has 0 bridgehead atoms. The summed E-state index contributed by atoms with van der Waals surface area (Å²) in [6.07, 6.45) is 3.40. The van der Waals surface area contributed by atoms with Crippen molar-refractivity contribution in [2.75, 3.05) is 12.3 Å². The quantitative estimate of drug-likeness (QED) is 0.832. The van der Waals surface area contributed by atoms with Gasteiger partial charge in [-0.25, -0.2) is 17.8 Å². The zero-order chi connectivity index (χ0) is 14.3. The van der Waals surface area contributed by atoms with Gasteiger partial charge in [-0.2, -0.15) is 4.31 Å². The van der Waals surface area contributed by atoms with Gasteiger partial charge in [0.1, 0.15) is 16.5 Å². The molecule has 2 aromatic rings. The number of hydrogen-bond acceptors (Lipinski definition) is 4. The average Bonchev–Trinajstić information content (AvgIpc) is 2.85. The van der Waals surface area contributed by atoms with Gasteiger partial charge in [0.05, 0.1) is 12.2 Å². The fourth-order valence-electron chi connectivity index (χ4n) is 2.28. The lowest BCUT2D eigenvalue weighted by Gasteiger charge is -2.27. The summed E-state index contributed by atoms with van der Waals surface area (Å²) in [6, 6.07) is 3.85. The van der Waals surface area contributed by atoms with E-state index in [2.05, 4.69) is 4.98 Å². The molecule has 0 saturated heterocycles. The highest BCUT2D eigenvalue weighted by Gasteiger charge is 2.32. The van der Waals surface area contributed by atoms with Gasteiger partial charge in [0.2, 0.25) is 10.0 Å². The highest BCUT2D eigenvalue weighted by Crippen LogP contribution is 2.27. The Labute approximate surface area is 115 Å². The van der Waals surface area contributed by atoms with Crippen LogP contribution in [0.1, 0.15) is 5.82 Å². The van der Waals surface area contributed by atoms with Crippen molar-refractivity contribution < 1.29 is 12.8 Å². The molecular formula is C12H13FN4O2S. The molecule has 0 atom stereocenters. The smallest absolute Gasteiger partial charge is 0.248 e. The molecule has 1 aliphatic rings. The van der Waals surface area contributed by atoms with Crippen LogP contribution < -0.4 is 5.73 Å². The van der Waals surface area contributed by atoms with E-state index in [-0.39, 0.29) is 18.8 Å². The van der Waals surface area contributed by atoms with Gasteiger partial charge in [-0.3, -0.25) is 0 Å². The minimum atomic E-state index is -3.96. The number of aromatic nitrogens is 2. The van der Waals surface area contributed by atoms with Crippen molar-refractivity contribution in [2.24, 2.45) is 0 Å². The van der Waals surface area contributed by atoms with Crippen LogP contribution >= 0.6 is 0 Å². The molecule has 2 N–H and O–H groups in total. The molecule has 6 nitrogen and oxygen atoms in total. The summed E-state index contributed by atoms with van der Waals surface area (Å²) in [7, 11) is -3.96. The molecule has 1 aliphatic heterocycles. The molecule has 2 heterocycles. The number of rotatable bonds is 2. The maximum absolute atomic E-state index is 13.8. The number of benzene rings is 1.